The van der Waals surface area contributed by atoms with Crippen molar-refractivity contribution in [1.29, 1.82) is 0 Å². The molecule has 8 atom stereocenters. The van der Waals surface area contributed by atoms with Crippen LogP contribution in [0.1, 0.15) is 58.8 Å². The Labute approximate surface area is 150 Å². The van der Waals surface area contributed by atoms with Gasteiger partial charge in [-0.3, -0.25) is 4.79 Å². The molecule has 3 fully saturated rings. The summed E-state index contributed by atoms with van der Waals surface area (Å²) in [5.41, 5.74) is 1.12. The molecule has 4 aliphatic carbocycles. The molecule has 0 aromatic carbocycles. The zero-order valence-corrected chi connectivity index (χ0v) is 15.4. The van der Waals surface area contributed by atoms with E-state index in [0.29, 0.717) is 24.7 Å². The van der Waals surface area contributed by atoms with Crippen LogP contribution >= 0.6 is 0 Å². The molecule has 0 aromatic heterocycles. The molecular weight excluding hydrogens is 316 g/mol. The molecule has 0 heterocycles. The van der Waals surface area contributed by atoms with Gasteiger partial charge in [0, 0.05) is 6.42 Å². The summed E-state index contributed by atoms with van der Waals surface area (Å²) in [6.07, 6.45) is 7.00. The lowest BCUT2D eigenvalue weighted by Crippen LogP contribution is -2.57. The summed E-state index contributed by atoms with van der Waals surface area (Å²) in [5, 5.41) is 31.0. The Balaban J connectivity index is 1.69. The predicted octanol–water partition coefficient (Wildman–Crippen LogP) is 2.46. The van der Waals surface area contributed by atoms with E-state index in [9.17, 15) is 20.1 Å². The Morgan fingerprint density at radius 3 is 2.72 bits per heavy atom. The number of aliphatic hydroxyl groups excluding tert-OH is 3. The van der Waals surface area contributed by atoms with E-state index in [1.807, 2.05) is 6.08 Å². The summed E-state index contributed by atoms with van der Waals surface area (Å²) in [7, 11) is 0. The number of ketones is 1. The number of rotatable bonds is 2. The van der Waals surface area contributed by atoms with Crippen molar-refractivity contribution in [2.75, 3.05) is 6.61 Å². The second kappa shape index (κ2) is 5.90. The summed E-state index contributed by atoms with van der Waals surface area (Å²) in [6, 6.07) is 0. The van der Waals surface area contributed by atoms with Gasteiger partial charge in [0.1, 0.15) is 0 Å². The highest BCUT2D eigenvalue weighted by molar-refractivity contribution is 5.91. The maximum Gasteiger partial charge on any atom is 0.155 e. The molecule has 140 valence electrons. The molecule has 0 aromatic rings. The molecular formula is C21H32O4. The first-order chi connectivity index (χ1) is 11.8. The van der Waals surface area contributed by atoms with E-state index in [4.69, 9.17) is 0 Å². The van der Waals surface area contributed by atoms with Gasteiger partial charge >= 0.3 is 0 Å². The van der Waals surface area contributed by atoms with Gasteiger partial charge in [0.05, 0.1) is 18.8 Å². The minimum absolute atomic E-state index is 0.0503. The zero-order valence-electron chi connectivity index (χ0n) is 15.4. The highest BCUT2D eigenvalue weighted by Crippen LogP contribution is 2.66. The number of fused-ring (bicyclic) bond motifs is 5. The van der Waals surface area contributed by atoms with Gasteiger partial charge in [-0.1, -0.05) is 19.4 Å². The van der Waals surface area contributed by atoms with Crippen molar-refractivity contribution in [2.45, 2.75) is 71.0 Å². The minimum Gasteiger partial charge on any atom is -0.394 e. The van der Waals surface area contributed by atoms with Crippen LogP contribution in [-0.4, -0.2) is 39.9 Å². The molecule has 4 rings (SSSR count). The predicted molar refractivity (Wildman–Crippen MR) is 94.7 cm³/mol. The van der Waals surface area contributed by atoms with Gasteiger partial charge in [0.25, 0.3) is 0 Å². The topological polar surface area (TPSA) is 77.8 Å². The molecule has 3 saturated carbocycles. The lowest BCUT2D eigenvalue weighted by molar-refractivity contribution is -0.143. The molecule has 3 N–H and O–H groups in total. The Morgan fingerprint density at radius 2 is 2.00 bits per heavy atom. The van der Waals surface area contributed by atoms with Crippen LogP contribution in [0.3, 0.4) is 0 Å². The Morgan fingerprint density at radius 1 is 1.24 bits per heavy atom. The van der Waals surface area contributed by atoms with Crippen LogP contribution in [0.5, 0.6) is 0 Å². The second-order valence-corrected chi connectivity index (χ2v) is 9.60. The molecule has 4 nitrogen and oxygen atoms in total. The fourth-order valence-electron chi connectivity index (χ4n) is 7.49. The maximum atomic E-state index is 11.9. The molecule has 4 heteroatoms. The molecule has 25 heavy (non-hydrogen) atoms. The number of carbonyl (C=O) groups is 1. The SMILES string of the molecule is C[C@]12C[C@H](O)[C@@H]3[C@H](CCC4=CC(=O)CC[C@@]43C)[C@H]1CC[C@H]2[C@@H](O)CO. The van der Waals surface area contributed by atoms with Crippen molar-refractivity contribution >= 4 is 5.78 Å². The van der Waals surface area contributed by atoms with Crippen LogP contribution in [0.4, 0.5) is 0 Å². The van der Waals surface area contributed by atoms with Crippen LogP contribution in [0.25, 0.3) is 0 Å². The van der Waals surface area contributed by atoms with E-state index in [2.05, 4.69) is 13.8 Å². The summed E-state index contributed by atoms with van der Waals surface area (Å²) in [4.78, 5) is 11.9. The highest BCUT2D eigenvalue weighted by Gasteiger charge is 2.62. The monoisotopic (exact) mass is 348 g/mol. The van der Waals surface area contributed by atoms with Crippen molar-refractivity contribution < 1.29 is 20.1 Å². The van der Waals surface area contributed by atoms with E-state index in [1.165, 1.54) is 5.57 Å². The van der Waals surface area contributed by atoms with E-state index in [0.717, 1.165) is 32.1 Å². The van der Waals surface area contributed by atoms with Crippen molar-refractivity contribution in [3.63, 3.8) is 0 Å². The van der Waals surface area contributed by atoms with E-state index >= 15 is 0 Å². The summed E-state index contributed by atoms with van der Waals surface area (Å²) in [5.74, 6) is 1.51. The molecule has 4 aliphatic rings. The Bertz CT molecular complexity index is 599. The third-order valence-electron chi connectivity index (χ3n) is 8.62. The van der Waals surface area contributed by atoms with Gasteiger partial charge < -0.3 is 15.3 Å². The number of aliphatic hydroxyl groups is 3. The Kier molecular flexibility index (Phi) is 4.17. The smallest absolute Gasteiger partial charge is 0.155 e. The molecule has 0 aliphatic heterocycles. The van der Waals surface area contributed by atoms with Crippen LogP contribution < -0.4 is 0 Å². The first-order valence-electron chi connectivity index (χ1n) is 10.0. The van der Waals surface area contributed by atoms with Crippen molar-refractivity contribution in [3.8, 4) is 0 Å². The highest BCUT2D eigenvalue weighted by atomic mass is 16.3. The number of hydrogen-bond acceptors (Lipinski definition) is 4. The average molecular weight is 348 g/mol. The third-order valence-corrected chi connectivity index (χ3v) is 8.62. The van der Waals surface area contributed by atoms with Gasteiger partial charge in [-0.15, -0.1) is 0 Å². The normalized spacial score (nSPS) is 50.5. The van der Waals surface area contributed by atoms with Gasteiger partial charge in [-0.25, -0.2) is 0 Å². The van der Waals surface area contributed by atoms with Crippen LogP contribution in [0.15, 0.2) is 11.6 Å². The van der Waals surface area contributed by atoms with Crippen LogP contribution in [0.2, 0.25) is 0 Å². The van der Waals surface area contributed by atoms with Crippen molar-refractivity contribution in [2.24, 2.45) is 34.5 Å². The molecule has 0 radical (unpaired) electrons. The second-order valence-electron chi connectivity index (χ2n) is 9.60. The summed E-state index contributed by atoms with van der Waals surface area (Å²) in [6.45, 7) is 4.30. The quantitative estimate of drug-likeness (QED) is 0.716. The van der Waals surface area contributed by atoms with E-state index < -0.39 is 6.10 Å². The minimum atomic E-state index is -0.680. The van der Waals surface area contributed by atoms with Gasteiger partial charge in [-0.05, 0) is 79.1 Å². The van der Waals surface area contributed by atoms with Gasteiger partial charge in [0.2, 0.25) is 0 Å². The number of carbonyl (C=O) groups excluding carboxylic acids is 1. The van der Waals surface area contributed by atoms with E-state index in [1.54, 1.807) is 0 Å². The molecule has 0 spiro atoms. The summed E-state index contributed by atoms with van der Waals surface area (Å²) >= 11 is 0. The number of hydrogen-bond donors (Lipinski definition) is 3. The maximum absolute atomic E-state index is 11.9. The number of allylic oxidation sites excluding steroid dienone is 1. The fraction of sp³-hybridized carbons (Fsp3) is 0.857. The van der Waals surface area contributed by atoms with Crippen molar-refractivity contribution in [1.82, 2.24) is 0 Å². The lowest BCUT2D eigenvalue weighted by atomic mass is 9.46. The van der Waals surface area contributed by atoms with Crippen LogP contribution in [-0.2, 0) is 4.79 Å². The largest absolute Gasteiger partial charge is 0.394 e. The van der Waals surface area contributed by atoms with Gasteiger partial charge in [0.15, 0.2) is 5.78 Å². The average Bonchev–Trinajstić information content (AvgIpc) is 2.91. The van der Waals surface area contributed by atoms with Crippen molar-refractivity contribution in [3.05, 3.63) is 11.6 Å². The van der Waals surface area contributed by atoms with E-state index in [-0.39, 0.29) is 41.2 Å². The molecule has 0 amide bonds. The first kappa shape index (κ1) is 17.7. The molecule has 0 saturated heterocycles. The fourth-order valence-corrected chi connectivity index (χ4v) is 7.49. The lowest BCUT2D eigenvalue weighted by Gasteiger charge is -2.60. The standard InChI is InChI=1S/C21H32O4/c1-20-8-7-13(23)9-12(20)3-4-14-15-5-6-16(18(25)11-22)21(15,2)10-17(24)19(14)20/h9,14-19,22,24-25H,3-8,10-11H2,1-2H3/t14-,15-,16+,17+,18+,19+,20+,21+/m1/s1. The third kappa shape index (κ3) is 2.40. The summed E-state index contributed by atoms with van der Waals surface area (Å²) < 4.78 is 0. The van der Waals surface area contributed by atoms with Gasteiger partial charge in [-0.2, -0.15) is 0 Å². The van der Waals surface area contributed by atoms with Crippen LogP contribution in [0, 0.1) is 34.5 Å². The first-order valence-corrected chi connectivity index (χ1v) is 10.0. The molecule has 0 unspecified atom stereocenters. The molecule has 0 bridgehead atoms. The Hall–Kier alpha value is -0.710. The zero-order chi connectivity index (χ0) is 18.0.